The van der Waals surface area contributed by atoms with E-state index in [1.54, 1.807) is 12.1 Å². The fraction of sp³-hybridized carbons (Fsp3) is 0.333. The van der Waals surface area contributed by atoms with Gasteiger partial charge in [0.05, 0.1) is 5.69 Å². The minimum absolute atomic E-state index is 0.149. The van der Waals surface area contributed by atoms with Gasteiger partial charge in [0, 0.05) is 35.7 Å². The summed E-state index contributed by atoms with van der Waals surface area (Å²) in [5.74, 6) is -0.00841. The summed E-state index contributed by atoms with van der Waals surface area (Å²) in [5.41, 5.74) is 0.694. The maximum Gasteiger partial charge on any atom is 0.251 e. The fourth-order valence-electron chi connectivity index (χ4n) is 1.91. The third-order valence-corrected chi connectivity index (χ3v) is 3.30. The van der Waals surface area contributed by atoms with Crippen LogP contribution in [0.5, 0.6) is 0 Å². The number of nitrogens with zero attached hydrogens (tertiary/aromatic N) is 1. The van der Waals surface area contributed by atoms with Gasteiger partial charge in [-0.1, -0.05) is 31.5 Å². The Bertz CT molecular complexity index is 665. The molecule has 2 rings (SSSR count). The first-order valence-electron chi connectivity index (χ1n) is 6.71. The van der Waals surface area contributed by atoms with Gasteiger partial charge in [-0.15, -0.1) is 0 Å². The van der Waals surface area contributed by atoms with Gasteiger partial charge in [0.1, 0.15) is 11.6 Å². The first-order chi connectivity index (χ1) is 9.95. The molecule has 2 aromatic rings. The van der Waals surface area contributed by atoms with Crippen LogP contribution in [0.15, 0.2) is 29.1 Å². The number of halogens is 2. The average molecular weight is 310 g/mol. The number of hydrogen-bond acceptors (Lipinski definition) is 3. The van der Waals surface area contributed by atoms with Crippen molar-refractivity contribution >= 4 is 11.6 Å². The number of benzene rings is 1. The molecule has 0 saturated carbocycles. The summed E-state index contributed by atoms with van der Waals surface area (Å²) in [6.07, 6.45) is 0.149. The van der Waals surface area contributed by atoms with Gasteiger partial charge in [0.25, 0.3) is 5.56 Å². The quantitative estimate of drug-likeness (QED) is 0.892. The van der Waals surface area contributed by atoms with E-state index in [0.717, 1.165) is 0 Å². The topological polar surface area (TPSA) is 57.8 Å². The Hall–Kier alpha value is -1.72. The Morgan fingerprint density at radius 1 is 1.43 bits per heavy atom. The molecule has 0 aliphatic carbocycles. The zero-order valence-corrected chi connectivity index (χ0v) is 12.7. The molecule has 0 saturated heterocycles. The van der Waals surface area contributed by atoms with E-state index in [0.29, 0.717) is 28.6 Å². The van der Waals surface area contributed by atoms with E-state index < -0.39 is 5.82 Å². The number of rotatable bonds is 5. The molecule has 4 nitrogen and oxygen atoms in total. The predicted octanol–water partition coefficient (Wildman–Crippen LogP) is 2.65. The molecule has 0 fully saturated rings. The predicted molar refractivity (Wildman–Crippen MR) is 81.0 cm³/mol. The first-order valence-corrected chi connectivity index (χ1v) is 7.09. The molecule has 0 atom stereocenters. The van der Waals surface area contributed by atoms with Crippen molar-refractivity contribution in [3.8, 4) is 0 Å². The molecular formula is C15H17ClFN3O. The van der Waals surface area contributed by atoms with Gasteiger partial charge in [0.2, 0.25) is 0 Å². The van der Waals surface area contributed by atoms with Crippen LogP contribution in [-0.4, -0.2) is 16.0 Å². The highest BCUT2D eigenvalue weighted by atomic mass is 35.5. The Balaban J connectivity index is 2.26. The second-order valence-corrected chi connectivity index (χ2v) is 5.50. The summed E-state index contributed by atoms with van der Waals surface area (Å²) in [6, 6.07) is 6.21. The van der Waals surface area contributed by atoms with E-state index in [2.05, 4.69) is 15.3 Å². The lowest BCUT2D eigenvalue weighted by Crippen LogP contribution is -2.24. The van der Waals surface area contributed by atoms with Gasteiger partial charge in [-0.05, 0) is 12.1 Å². The molecule has 1 aromatic carbocycles. The Morgan fingerprint density at radius 3 is 2.86 bits per heavy atom. The lowest BCUT2D eigenvalue weighted by atomic mass is 10.1. The van der Waals surface area contributed by atoms with E-state index in [1.165, 1.54) is 12.1 Å². The number of H-pyrrole nitrogens is 1. The number of nitrogens with one attached hydrogen (secondary N) is 2. The molecule has 0 amide bonds. The van der Waals surface area contributed by atoms with Crippen molar-refractivity contribution in [1.29, 1.82) is 0 Å². The first kappa shape index (κ1) is 15.7. The molecule has 112 valence electrons. The highest BCUT2D eigenvalue weighted by molar-refractivity contribution is 6.31. The van der Waals surface area contributed by atoms with Crippen LogP contribution in [0, 0.1) is 5.82 Å². The molecule has 2 N–H and O–H groups in total. The second-order valence-electron chi connectivity index (χ2n) is 5.10. The van der Waals surface area contributed by atoms with Crippen molar-refractivity contribution in [2.45, 2.75) is 32.9 Å². The van der Waals surface area contributed by atoms with Crippen LogP contribution in [0.1, 0.15) is 30.9 Å². The molecular weight excluding hydrogens is 293 g/mol. The van der Waals surface area contributed by atoms with Crippen molar-refractivity contribution in [2.24, 2.45) is 0 Å². The summed E-state index contributed by atoms with van der Waals surface area (Å²) < 4.78 is 13.8. The number of aromatic amines is 1. The molecule has 1 aromatic heterocycles. The van der Waals surface area contributed by atoms with Crippen molar-refractivity contribution < 1.29 is 4.39 Å². The van der Waals surface area contributed by atoms with Gasteiger partial charge >= 0.3 is 0 Å². The summed E-state index contributed by atoms with van der Waals surface area (Å²) in [5, 5.41) is 3.51. The highest BCUT2D eigenvalue weighted by Gasteiger charge is 2.10. The van der Waals surface area contributed by atoms with Gasteiger partial charge in [0.15, 0.2) is 0 Å². The standard InChI is InChI=1S/C15H17ClFN3O/c1-9(2)18-8-10-6-15(21)20-14(19-10)7-11-12(16)4-3-5-13(11)17/h3-6,9,18H,7-8H2,1-2H3,(H,19,20,21). The van der Waals surface area contributed by atoms with Crippen LogP contribution in [0.2, 0.25) is 5.02 Å². The lowest BCUT2D eigenvalue weighted by Gasteiger charge is -2.09. The van der Waals surface area contributed by atoms with Gasteiger partial charge in [-0.3, -0.25) is 4.79 Å². The molecule has 0 unspecified atom stereocenters. The lowest BCUT2D eigenvalue weighted by molar-refractivity contribution is 0.577. The summed E-state index contributed by atoms with van der Waals surface area (Å²) in [7, 11) is 0. The molecule has 21 heavy (non-hydrogen) atoms. The third-order valence-electron chi connectivity index (χ3n) is 2.94. The molecule has 0 radical (unpaired) electrons. The average Bonchev–Trinajstić information content (AvgIpc) is 2.40. The van der Waals surface area contributed by atoms with Gasteiger partial charge in [-0.25, -0.2) is 9.37 Å². The van der Waals surface area contributed by atoms with Crippen molar-refractivity contribution in [2.75, 3.05) is 0 Å². The normalized spacial score (nSPS) is 11.1. The highest BCUT2D eigenvalue weighted by Crippen LogP contribution is 2.20. The molecule has 0 aliphatic rings. The minimum Gasteiger partial charge on any atom is -0.310 e. The summed E-state index contributed by atoms with van der Waals surface area (Å²) in [4.78, 5) is 18.6. The third kappa shape index (κ3) is 4.37. The molecule has 0 aliphatic heterocycles. The van der Waals surface area contributed by atoms with Gasteiger partial charge in [-0.2, -0.15) is 0 Å². The molecule has 0 spiro atoms. The monoisotopic (exact) mass is 309 g/mol. The van der Waals surface area contributed by atoms with Crippen molar-refractivity contribution in [3.05, 3.63) is 62.5 Å². The zero-order valence-electron chi connectivity index (χ0n) is 11.9. The van der Waals surface area contributed by atoms with Gasteiger partial charge < -0.3 is 10.3 Å². The van der Waals surface area contributed by atoms with Crippen LogP contribution in [-0.2, 0) is 13.0 Å². The molecule has 1 heterocycles. The fourth-order valence-corrected chi connectivity index (χ4v) is 2.14. The van der Waals surface area contributed by atoms with Crippen LogP contribution in [0.25, 0.3) is 0 Å². The van der Waals surface area contributed by atoms with E-state index in [9.17, 15) is 9.18 Å². The maximum atomic E-state index is 13.8. The Morgan fingerprint density at radius 2 is 2.19 bits per heavy atom. The summed E-state index contributed by atoms with van der Waals surface area (Å²) in [6.45, 7) is 4.50. The van der Waals surface area contributed by atoms with E-state index >= 15 is 0 Å². The SMILES string of the molecule is CC(C)NCc1cc(=O)[nH]c(Cc2c(F)cccc2Cl)n1. The number of aromatic nitrogens is 2. The molecule has 6 heteroatoms. The van der Waals surface area contributed by atoms with Crippen LogP contribution >= 0.6 is 11.6 Å². The van der Waals surface area contributed by atoms with E-state index in [-0.39, 0.29) is 18.0 Å². The smallest absolute Gasteiger partial charge is 0.251 e. The van der Waals surface area contributed by atoms with Crippen molar-refractivity contribution in [3.63, 3.8) is 0 Å². The van der Waals surface area contributed by atoms with E-state index in [4.69, 9.17) is 11.6 Å². The van der Waals surface area contributed by atoms with Crippen LogP contribution in [0.4, 0.5) is 4.39 Å². The number of hydrogen-bond donors (Lipinski definition) is 2. The zero-order chi connectivity index (χ0) is 15.4. The van der Waals surface area contributed by atoms with Crippen LogP contribution in [0.3, 0.4) is 0 Å². The largest absolute Gasteiger partial charge is 0.310 e. The van der Waals surface area contributed by atoms with E-state index in [1.807, 2.05) is 13.8 Å². The maximum absolute atomic E-state index is 13.8. The summed E-state index contributed by atoms with van der Waals surface area (Å²) >= 11 is 5.99. The molecule has 0 bridgehead atoms. The van der Waals surface area contributed by atoms with Crippen molar-refractivity contribution in [1.82, 2.24) is 15.3 Å². The Labute approximate surface area is 127 Å². The Kier molecular flexibility index (Phi) is 5.09. The van der Waals surface area contributed by atoms with Crippen LogP contribution < -0.4 is 10.9 Å². The second kappa shape index (κ2) is 6.83. The minimum atomic E-state index is -0.407.